The van der Waals surface area contributed by atoms with E-state index >= 15 is 0 Å². The van der Waals surface area contributed by atoms with Gasteiger partial charge < -0.3 is 5.32 Å². The van der Waals surface area contributed by atoms with E-state index in [9.17, 15) is 18.0 Å². The molecule has 0 spiro atoms. The molecule has 0 aliphatic carbocycles. The summed E-state index contributed by atoms with van der Waals surface area (Å²) in [7, 11) is 0. The number of rotatable bonds is 5. The Kier molecular flexibility index (Phi) is 4.98. The van der Waals surface area contributed by atoms with E-state index in [1.165, 1.54) is 0 Å². The van der Waals surface area contributed by atoms with Gasteiger partial charge in [0.2, 0.25) is 5.91 Å². The number of carbonyl (C=O) groups is 1. The normalized spacial score (nSPS) is 11.5. The summed E-state index contributed by atoms with van der Waals surface area (Å²) in [6.07, 6.45) is -3.85. The van der Waals surface area contributed by atoms with Crippen molar-refractivity contribution in [2.45, 2.75) is 19.0 Å². The molecule has 0 saturated heterocycles. The first kappa shape index (κ1) is 14.0. The van der Waals surface area contributed by atoms with Crippen LogP contribution in [0.15, 0.2) is 6.07 Å². The van der Waals surface area contributed by atoms with E-state index in [-0.39, 0.29) is 18.0 Å². The molecule has 1 heterocycles. The van der Waals surface area contributed by atoms with Crippen LogP contribution in [-0.2, 0) is 17.4 Å². The molecule has 1 rings (SSSR count). The molecule has 96 valence electrons. The largest absolute Gasteiger partial charge is 0.435 e. The van der Waals surface area contributed by atoms with Gasteiger partial charge in [0.15, 0.2) is 5.69 Å². The fourth-order valence-corrected chi connectivity index (χ4v) is 1.41. The predicted molar refractivity (Wildman–Crippen MR) is 58.7 cm³/mol. The molecule has 0 aliphatic heterocycles. The Hall–Kier alpha value is -1.05. The maximum Gasteiger partial charge on any atom is 0.435 e. The third kappa shape index (κ3) is 4.76. The Balaban J connectivity index is 2.46. The number of carbonyl (C=O) groups excluding carboxylic acids is 1. The second kappa shape index (κ2) is 6.04. The van der Waals surface area contributed by atoms with Gasteiger partial charge in [-0.15, -0.1) is 0 Å². The Labute approximate surface area is 104 Å². The lowest BCUT2D eigenvalue weighted by molar-refractivity contribution is -0.141. The maximum atomic E-state index is 12.2. The molecule has 0 saturated carbocycles. The van der Waals surface area contributed by atoms with Crippen molar-refractivity contribution in [2.75, 3.05) is 11.9 Å². The minimum Gasteiger partial charge on any atom is -0.356 e. The molecule has 4 nitrogen and oxygen atoms in total. The molecule has 0 radical (unpaired) electrons. The molecule has 0 unspecified atom stereocenters. The number of nitrogens with one attached hydrogen (secondary N) is 2. The zero-order valence-corrected chi connectivity index (χ0v) is 10.4. The summed E-state index contributed by atoms with van der Waals surface area (Å²) in [4.78, 5) is 11.3. The summed E-state index contributed by atoms with van der Waals surface area (Å²) in [5.74, 6) is -0.330. The van der Waals surface area contributed by atoms with Crippen LogP contribution in [0.2, 0.25) is 0 Å². The van der Waals surface area contributed by atoms with Crippen LogP contribution in [0.5, 0.6) is 0 Å². The van der Waals surface area contributed by atoms with Gasteiger partial charge in [-0.3, -0.25) is 9.89 Å². The smallest absolute Gasteiger partial charge is 0.356 e. The van der Waals surface area contributed by atoms with Crippen LogP contribution < -0.4 is 5.32 Å². The number of aromatic nitrogens is 2. The molecule has 0 aliphatic rings. The first-order valence-corrected chi connectivity index (χ1v) is 6.00. The quantitative estimate of drug-likeness (QED) is 0.644. The van der Waals surface area contributed by atoms with Gasteiger partial charge in [-0.2, -0.15) is 18.3 Å². The van der Waals surface area contributed by atoms with Crippen LogP contribution >= 0.6 is 15.9 Å². The second-order valence-electron chi connectivity index (χ2n) is 3.35. The van der Waals surface area contributed by atoms with Crippen molar-refractivity contribution in [2.24, 2.45) is 0 Å². The maximum absolute atomic E-state index is 12.2. The van der Waals surface area contributed by atoms with Gasteiger partial charge in [-0.05, 0) is 12.5 Å². The standard InChI is InChI=1S/C9H11BrF3N3O/c10-2-1-3-14-8(17)5-6-4-7(16-15-6)9(11,12)13/h4H,1-3,5H2,(H,14,17)(H,15,16). The highest BCUT2D eigenvalue weighted by molar-refractivity contribution is 9.09. The topological polar surface area (TPSA) is 57.8 Å². The minimum atomic E-state index is -4.48. The number of hydrogen-bond donors (Lipinski definition) is 2. The molecule has 0 fully saturated rings. The molecule has 2 N–H and O–H groups in total. The van der Waals surface area contributed by atoms with Gasteiger partial charge in [-0.25, -0.2) is 0 Å². The van der Waals surface area contributed by atoms with Gasteiger partial charge in [0.05, 0.1) is 6.42 Å². The Morgan fingerprint density at radius 3 is 2.76 bits per heavy atom. The first-order valence-electron chi connectivity index (χ1n) is 4.87. The second-order valence-corrected chi connectivity index (χ2v) is 4.14. The number of hydrogen-bond acceptors (Lipinski definition) is 2. The summed E-state index contributed by atoms with van der Waals surface area (Å²) < 4.78 is 36.6. The summed E-state index contributed by atoms with van der Waals surface area (Å²) in [6.45, 7) is 0.490. The van der Waals surface area contributed by atoms with Crippen LogP contribution in [0.3, 0.4) is 0 Å². The average Bonchev–Trinajstić information content (AvgIpc) is 2.66. The summed E-state index contributed by atoms with van der Waals surface area (Å²) in [5.41, 5.74) is -0.866. The van der Waals surface area contributed by atoms with E-state index < -0.39 is 11.9 Å². The van der Waals surface area contributed by atoms with Crippen molar-refractivity contribution in [3.8, 4) is 0 Å². The average molecular weight is 314 g/mol. The van der Waals surface area contributed by atoms with Crippen molar-refractivity contribution >= 4 is 21.8 Å². The molecule has 0 atom stereocenters. The third-order valence-electron chi connectivity index (χ3n) is 1.90. The van der Waals surface area contributed by atoms with E-state index in [2.05, 4.69) is 31.4 Å². The Morgan fingerprint density at radius 2 is 2.24 bits per heavy atom. The molecule has 0 bridgehead atoms. The molecule has 1 aromatic heterocycles. The van der Waals surface area contributed by atoms with Crippen LogP contribution in [0.1, 0.15) is 17.8 Å². The Bertz CT molecular complexity index is 378. The highest BCUT2D eigenvalue weighted by atomic mass is 79.9. The number of H-pyrrole nitrogens is 1. The van der Waals surface area contributed by atoms with E-state index in [1.54, 1.807) is 0 Å². The SMILES string of the molecule is O=C(Cc1cc(C(F)(F)F)n[nH]1)NCCCBr. The lowest BCUT2D eigenvalue weighted by Gasteiger charge is -2.01. The molecule has 17 heavy (non-hydrogen) atoms. The summed E-state index contributed by atoms with van der Waals surface area (Å²) >= 11 is 3.20. The summed E-state index contributed by atoms with van der Waals surface area (Å²) in [5, 5.41) is 8.63. The third-order valence-corrected chi connectivity index (χ3v) is 2.47. The molecule has 8 heteroatoms. The number of halogens is 4. The number of alkyl halides is 4. The number of aromatic amines is 1. The molecule has 1 amide bonds. The van der Waals surface area contributed by atoms with E-state index in [1.807, 2.05) is 0 Å². The fraction of sp³-hybridized carbons (Fsp3) is 0.556. The van der Waals surface area contributed by atoms with Crippen LogP contribution in [0, 0.1) is 0 Å². The number of amides is 1. The minimum absolute atomic E-state index is 0.134. The van der Waals surface area contributed by atoms with Gasteiger partial charge in [0.25, 0.3) is 0 Å². The van der Waals surface area contributed by atoms with Gasteiger partial charge in [-0.1, -0.05) is 15.9 Å². The molecule has 1 aromatic rings. The van der Waals surface area contributed by atoms with Gasteiger partial charge in [0.1, 0.15) is 0 Å². The van der Waals surface area contributed by atoms with Crippen LogP contribution in [-0.4, -0.2) is 28.0 Å². The molecule has 0 aromatic carbocycles. The predicted octanol–water partition coefficient (Wildman–Crippen LogP) is 1.87. The monoisotopic (exact) mass is 313 g/mol. The zero-order valence-electron chi connectivity index (χ0n) is 8.77. The summed E-state index contributed by atoms with van der Waals surface area (Å²) in [6, 6.07) is 0.837. The van der Waals surface area contributed by atoms with Crippen molar-refractivity contribution in [3.63, 3.8) is 0 Å². The van der Waals surface area contributed by atoms with E-state index in [0.29, 0.717) is 6.54 Å². The van der Waals surface area contributed by atoms with Crippen molar-refractivity contribution in [1.82, 2.24) is 15.5 Å². The fourth-order valence-electron chi connectivity index (χ4n) is 1.13. The highest BCUT2D eigenvalue weighted by Gasteiger charge is 2.33. The van der Waals surface area contributed by atoms with Gasteiger partial charge in [0, 0.05) is 17.6 Å². The lowest BCUT2D eigenvalue weighted by atomic mass is 10.2. The molecular formula is C9H11BrF3N3O. The first-order chi connectivity index (χ1) is 7.93. The highest BCUT2D eigenvalue weighted by Crippen LogP contribution is 2.27. The van der Waals surface area contributed by atoms with Crippen LogP contribution in [0.4, 0.5) is 13.2 Å². The van der Waals surface area contributed by atoms with Crippen molar-refractivity contribution < 1.29 is 18.0 Å². The lowest BCUT2D eigenvalue weighted by Crippen LogP contribution is -2.26. The zero-order chi connectivity index (χ0) is 12.9. The van der Waals surface area contributed by atoms with Crippen LogP contribution in [0.25, 0.3) is 0 Å². The number of nitrogens with zero attached hydrogens (tertiary/aromatic N) is 1. The van der Waals surface area contributed by atoms with Crippen molar-refractivity contribution in [3.05, 3.63) is 17.5 Å². The van der Waals surface area contributed by atoms with Crippen molar-refractivity contribution in [1.29, 1.82) is 0 Å². The van der Waals surface area contributed by atoms with Gasteiger partial charge >= 0.3 is 6.18 Å². The van der Waals surface area contributed by atoms with E-state index in [4.69, 9.17) is 0 Å². The molecular weight excluding hydrogens is 303 g/mol. The van der Waals surface area contributed by atoms with E-state index in [0.717, 1.165) is 17.8 Å². The Morgan fingerprint density at radius 1 is 1.53 bits per heavy atom.